The van der Waals surface area contributed by atoms with Crippen molar-refractivity contribution in [1.29, 1.82) is 5.53 Å². The van der Waals surface area contributed by atoms with Crippen molar-refractivity contribution >= 4 is 17.4 Å². The van der Waals surface area contributed by atoms with Gasteiger partial charge in [-0.3, -0.25) is 0 Å². The zero-order chi connectivity index (χ0) is 16.5. The van der Waals surface area contributed by atoms with Crippen LogP contribution in [0.3, 0.4) is 0 Å². The predicted octanol–water partition coefficient (Wildman–Crippen LogP) is 3.62. The Hall–Kier alpha value is -3.69. The summed E-state index contributed by atoms with van der Waals surface area (Å²) in [5.41, 5.74) is 10.4. The zero-order valence-corrected chi connectivity index (χ0v) is 11.8. The number of urea groups is 1. The van der Waals surface area contributed by atoms with E-state index in [1.54, 1.807) is 60.7 Å². The molecule has 23 heavy (non-hydrogen) atoms. The Bertz CT molecular complexity index is 692. The minimum atomic E-state index is -0.873. The quantitative estimate of drug-likeness (QED) is 0.479. The van der Waals surface area contributed by atoms with Crippen LogP contribution in [0.25, 0.3) is 0 Å². The molecule has 0 radical (unpaired) electrons. The van der Waals surface area contributed by atoms with Gasteiger partial charge in [-0.05, 0) is 29.5 Å². The molecule has 0 unspecified atom stereocenters. The van der Waals surface area contributed by atoms with Gasteiger partial charge in [0.2, 0.25) is 0 Å². The number of nitrogens with one attached hydrogen (secondary N) is 2. The lowest BCUT2D eigenvalue weighted by atomic mass is 10.3. The first-order valence-corrected chi connectivity index (χ1v) is 6.37. The Labute approximate surface area is 130 Å². The Morgan fingerprint density at radius 3 is 2.04 bits per heavy atom. The predicted molar refractivity (Wildman–Crippen MR) is 82.2 cm³/mol. The van der Waals surface area contributed by atoms with Crippen LogP contribution in [0, 0.1) is 10.4 Å². The summed E-state index contributed by atoms with van der Waals surface area (Å²) in [5.74, 6) is 0. The molecule has 0 atom stereocenters. The summed E-state index contributed by atoms with van der Waals surface area (Å²) in [6.45, 7) is 0. The molecule has 2 aromatic rings. The van der Waals surface area contributed by atoms with E-state index >= 15 is 0 Å². The van der Waals surface area contributed by atoms with Crippen LogP contribution in [0.5, 0.6) is 0 Å². The molecule has 2 aromatic carbocycles. The van der Waals surface area contributed by atoms with Crippen molar-refractivity contribution < 1.29 is 4.79 Å². The zero-order valence-electron chi connectivity index (χ0n) is 11.8. The third-order valence-electron chi connectivity index (χ3n) is 2.70. The average Bonchev–Trinajstić information content (AvgIpc) is 2.62. The lowest BCUT2D eigenvalue weighted by Gasteiger charge is -2.32. The number of para-hydroxylation sites is 2. The number of hydrogen-bond donors (Lipinski definition) is 2. The van der Waals surface area contributed by atoms with Gasteiger partial charge in [0.05, 0.1) is 11.4 Å². The molecule has 2 rings (SSSR count). The van der Waals surface area contributed by atoms with Gasteiger partial charge in [-0.2, -0.15) is 21.2 Å². The second kappa shape index (κ2) is 7.93. The largest absolute Gasteiger partial charge is 0.386 e. The lowest BCUT2D eigenvalue weighted by Crippen LogP contribution is -2.52. The van der Waals surface area contributed by atoms with Gasteiger partial charge in [-0.25, -0.2) is 4.79 Å². The molecule has 10 nitrogen and oxygen atoms in total. The molecular formula is C13H12N8O2. The standard InChI is InChI=1S/C13H12N8O2/c14-15-13(22)20(11-7-3-1-4-8-11)21(18-16-17-19-23)12-9-5-2-6-10-12/h1-10,14H,(H,17,18,23). The average molecular weight is 312 g/mol. The van der Waals surface area contributed by atoms with Crippen LogP contribution in [0.15, 0.2) is 81.5 Å². The molecule has 116 valence electrons. The van der Waals surface area contributed by atoms with Crippen molar-refractivity contribution in [3.63, 3.8) is 0 Å². The number of nitroso groups, excluding NO2 is 1. The van der Waals surface area contributed by atoms with Crippen LogP contribution in [0.1, 0.15) is 0 Å². The fourth-order valence-electron chi connectivity index (χ4n) is 1.80. The first-order valence-electron chi connectivity index (χ1n) is 6.37. The summed E-state index contributed by atoms with van der Waals surface area (Å²) in [6.07, 6.45) is 0. The molecule has 0 aliphatic heterocycles. The van der Waals surface area contributed by atoms with Gasteiger partial charge in [0.1, 0.15) is 5.29 Å². The minimum absolute atomic E-state index is 0.430. The van der Waals surface area contributed by atoms with E-state index in [4.69, 9.17) is 5.53 Å². The normalized spacial score (nSPS) is 10.1. The monoisotopic (exact) mass is 312 g/mol. The molecule has 0 aromatic heterocycles. The summed E-state index contributed by atoms with van der Waals surface area (Å²) in [4.78, 5) is 22.1. The topological polar surface area (TPSA) is 126 Å². The summed E-state index contributed by atoms with van der Waals surface area (Å²) < 4.78 is 0. The first-order chi connectivity index (χ1) is 11.3. The highest BCUT2D eigenvalue weighted by Gasteiger charge is 2.24. The highest BCUT2D eigenvalue weighted by Crippen LogP contribution is 2.22. The number of amides is 2. The molecular weight excluding hydrogens is 300 g/mol. The van der Waals surface area contributed by atoms with E-state index in [9.17, 15) is 9.70 Å². The van der Waals surface area contributed by atoms with Gasteiger partial charge in [0, 0.05) is 5.22 Å². The van der Waals surface area contributed by atoms with Gasteiger partial charge in [-0.15, -0.1) is 4.91 Å². The van der Waals surface area contributed by atoms with Crippen molar-refractivity contribution in [1.82, 2.24) is 5.53 Å². The second-order valence-corrected chi connectivity index (χ2v) is 4.06. The number of hydrazine groups is 2. The van der Waals surface area contributed by atoms with E-state index in [2.05, 4.69) is 26.4 Å². The van der Waals surface area contributed by atoms with E-state index in [0.29, 0.717) is 11.4 Å². The molecule has 0 aliphatic rings. The van der Waals surface area contributed by atoms with Crippen molar-refractivity contribution in [2.45, 2.75) is 0 Å². The summed E-state index contributed by atoms with van der Waals surface area (Å²) in [5, 5.41) is 13.7. The number of nitrogens with zero attached hydrogens (tertiary/aromatic N) is 6. The molecule has 0 aliphatic carbocycles. The Balaban J connectivity index is 2.47. The Kier molecular flexibility index (Phi) is 5.41. The summed E-state index contributed by atoms with van der Waals surface area (Å²) in [6, 6.07) is 16.3. The summed E-state index contributed by atoms with van der Waals surface area (Å²) in [7, 11) is 0. The van der Waals surface area contributed by atoms with Gasteiger partial charge in [-0.1, -0.05) is 41.5 Å². The first kappa shape index (κ1) is 15.7. The number of benzene rings is 2. The molecule has 0 saturated carbocycles. The minimum Gasteiger partial charge on any atom is -0.242 e. The van der Waals surface area contributed by atoms with Crippen LogP contribution in [-0.4, -0.2) is 6.03 Å². The van der Waals surface area contributed by atoms with Crippen molar-refractivity contribution in [3.05, 3.63) is 65.6 Å². The number of rotatable bonds is 6. The number of carbonyl (C=O) groups is 1. The number of hydrogen-bond acceptors (Lipinski definition) is 5. The SMILES string of the molecule is N=NC(=O)N(c1ccccc1)N(NN=NN=O)c1ccccc1. The van der Waals surface area contributed by atoms with Crippen LogP contribution in [0.4, 0.5) is 16.2 Å². The van der Waals surface area contributed by atoms with Gasteiger partial charge in [0.25, 0.3) is 0 Å². The maximum absolute atomic E-state index is 12.1. The Morgan fingerprint density at radius 1 is 0.957 bits per heavy atom. The highest BCUT2D eigenvalue weighted by molar-refractivity contribution is 5.94. The summed E-state index contributed by atoms with van der Waals surface area (Å²) >= 11 is 0. The Morgan fingerprint density at radius 2 is 1.52 bits per heavy atom. The number of carbonyl (C=O) groups excluding carboxylic acids is 1. The third kappa shape index (κ3) is 3.91. The van der Waals surface area contributed by atoms with Crippen LogP contribution in [-0.2, 0) is 0 Å². The molecule has 0 heterocycles. The molecule has 10 heteroatoms. The van der Waals surface area contributed by atoms with E-state index in [-0.39, 0.29) is 0 Å². The van der Waals surface area contributed by atoms with Crippen LogP contribution >= 0.6 is 0 Å². The van der Waals surface area contributed by atoms with Crippen molar-refractivity contribution in [2.75, 3.05) is 10.1 Å². The second-order valence-electron chi connectivity index (χ2n) is 4.06. The molecule has 0 saturated heterocycles. The van der Waals surface area contributed by atoms with Gasteiger partial charge >= 0.3 is 6.03 Å². The van der Waals surface area contributed by atoms with E-state index in [1.807, 2.05) is 0 Å². The molecule has 0 fully saturated rings. The fourth-order valence-corrected chi connectivity index (χ4v) is 1.80. The molecule has 2 amide bonds. The van der Waals surface area contributed by atoms with Gasteiger partial charge < -0.3 is 0 Å². The van der Waals surface area contributed by atoms with Crippen molar-refractivity contribution in [2.24, 2.45) is 20.8 Å². The van der Waals surface area contributed by atoms with Crippen molar-refractivity contribution in [3.8, 4) is 0 Å². The lowest BCUT2D eigenvalue weighted by molar-refractivity contribution is 0.250. The van der Waals surface area contributed by atoms with E-state index in [1.165, 1.54) is 5.12 Å². The fraction of sp³-hybridized carbons (Fsp3) is 0. The number of anilines is 2. The highest BCUT2D eigenvalue weighted by atomic mass is 16.3. The van der Waals surface area contributed by atoms with E-state index in [0.717, 1.165) is 5.01 Å². The molecule has 0 spiro atoms. The van der Waals surface area contributed by atoms with E-state index < -0.39 is 6.03 Å². The molecule has 0 bridgehead atoms. The molecule has 2 N–H and O–H groups in total. The maximum atomic E-state index is 12.1. The van der Waals surface area contributed by atoms with Crippen LogP contribution in [0.2, 0.25) is 0 Å². The smallest absolute Gasteiger partial charge is 0.242 e. The van der Waals surface area contributed by atoms with Gasteiger partial charge in [0.15, 0.2) is 0 Å². The third-order valence-corrected chi connectivity index (χ3v) is 2.70. The maximum Gasteiger partial charge on any atom is 0.386 e. The van der Waals surface area contributed by atoms with Crippen LogP contribution < -0.4 is 15.7 Å².